The van der Waals surface area contributed by atoms with Crippen LogP contribution in [0.15, 0.2) is 35.2 Å². The first kappa shape index (κ1) is 13.6. The largest absolute Gasteiger partial charge is 0.300 e. The Labute approximate surface area is 129 Å². The van der Waals surface area contributed by atoms with E-state index in [1.54, 1.807) is 11.8 Å². The maximum atomic E-state index is 12.8. The molecule has 0 aliphatic heterocycles. The molecule has 4 saturated carbocycles. The van der Waals surface area contributed by atoms with Gasteiger partial charge < -0.3 is 0 Å². The Morgan fingerprint density at radius 2 is 1.90 bits per heavy atom. The highest BCUT2D eigenvalue weighted by molar-refractivity contribution is 8.00. The topological polar surface area (TPSA) is 34.1 Å². The van der Waals surface area contributed by atoms with Crippen molar-refractivity contribution in [3.05, 3.63) is 30.3 Å². The summed E-state index contributed by atoms with van der Waals surface area (Å²) in [6, 6.07) is 10.3. The maximum Gasteiger partial charge on any atom is 0.149 e. The predicted octanol–water partition coefficient (Wildman–Crippen LogP) is 3.89. The summed E-state index contributed by atoms with van der Waals surface area (Å²) in [5.74, 6) is 1.54. The molecule has 0 heterocycles. The zero-order valence-corrected chi connectivity index (χ0v) is 12.9. The highest BCUT2D eigenvalue weighted by Gasteiger charge is 2.59. The normalized spacial score (nSPS) is 38.4. The fraction of sp³-hybridized carbons (Fsp3) is 0.556. The third-order valence-electron chi connectivity index (χ3n) is 5.86. The van der Waals surface area contributed by atoms with Gasteiger partial charge in [-0.3, -0.25) is 9.59 Å². The minimum atomic E-state index is 0.0745. The molecule has 1 aromatic carbocycles. The molecule has 4 atom stereocenters. The van der Waals surface area contributed by atoms with E-state index in [-0.39, 0.29) is 16.6 Å². The van der Waals surface area contributed by atoms with Crippen LogP contribution in [-0.4, -0.2) is 16.8 Å². The lowest BCUT2D eigenvalue weighted by Gasteiger charge is -2.57. The first-order valence-electron chi connectivity index (χ1n) is 7.96. The van der Waals surface area contributed by atoms with Gasteiger partial charge in [0.15, 0.2) is 0 Å². The third kappa shape index (κ3) is 2.09. The maximum absolute atomic E-state index is 12.8. The molecular weight excluding hydrogens is 280 g/mol. The summed E-state index contributed by atoms with van der Waals surface area (Å²) in [6.45, 7) is 0. The van der Waals surface area contributed by atoms with Crippen molar-refractivity contribution in [3.8, 4) is 0 Å². The van der Waals surface area contributed by atoms with E-state index >= 15 is 0 Å². The van der Waals surface area contributed by atoms with Crippen LogP contribution in [0.5, 0.6) is 0 Å². The highest BCUT2D eigenvalue weighted by Crippen LogP contribution is 2.61. The van der Waals surface area contributed by atoms with Gasteiger partial charge in [0.25, 0.3) is 0 Å². The highest BCUT2D eigenvalue weighted by atomic mass is 32.2. The lowest BCUT2D eigenvalue weighted by molar-refractivity contribution is -0.145. The summed E-state index contributed by atoms with van der Waals surface area (Å²) in [5, 5.41) is 0.0745. The summed E-state index contributed by atoms with van der Waals surface area (Å²) in [6.07, 6.45) is 5.49. The van der Waals surface area contributed by atoms with E-state index < -0.39 is 0 Å². The van der Waals surface area contributed by atoms with Crippen LogP contribution >= 0.6 is 11.8 Å². The Bertz CT molecular complexity index is 582. The molecule has 1 aromatic rings. The number of rotatable bonds is 2. The molecule has 110 valence electrons. The third-order valence-corrected chi connectivity index (χ3v) is 7.35. The molecule has 5 rings (SSSR count). The SMILES string of the molecule is O=C1CCC23CCC(CC2C1)C(=O)C3Sc1ccccc1. The van der Waals surface area contributed by atoms with Crippen LogP contribution in [0.1, 0.15) is 38.5 Å². The van der Waals surface area contributed by atoms with E-state index in [4.69, 9.17) is 0 Å². The second-order valence-electron chi connectivity index (χ2n) is 6.86. The fourth-order valence-electron chi connectivity index (χ4n) is 4.75. The Balaban J connectivity index is 1.68. The van der Waals surface area contributed by atoms with Gasteiger partial charge in [0, 0.05) is 23.7 Å². The van der Waals surface area contributed by atoms with Crippen LogP contribution in [0, 0.1) is 17.3 Å². The second-order valence-corrected chi connectivity index (χ2v) is 8.04. The summed E-state index contributed by atoms with van der Waals surface area (Å²) in [4.78, 5) is 25.9. The van der Waals surface area contributed by atoms with E-state index in [9.17, 15) is 9.59 Å². The van der Waals surface area contributed by atoms with Gasteiger partial charge in [-0.05, 0) is 49.1 Å². The molecule has 0 saturated heterocycles. The molecule has 0 aromatic heterocycles. The molecule has 0 amide bonds. The minimum absolute atomic E-state index is 0.0745. The number of carbonyl (C=O) groups excluding carboxylic acids is 2. The van der Waals surface area contributed by atoms with Crippen molar-refractivity contribution in [1.82, 2.24) is 0 Å². The number of carbonyl (C=O) groups is 2. The summed E-state index contributed by atoms with van der Waals surface area (Å²) in [5.41, 5.74) is 0.0975. The first-order chi connectivity index (χ1) is 10.2. The van der Waals surface area contributed by atoms with Crippen molar-refractivity contribution in [1.29, 1.82) is 0 Å². The quantitative estimate of drug-likeness (QED) is 0.831. The summed E-state index contributed by atoms with van der Waals surface area (Å²) >= 11 is 1.75. The number of fused-ring (bicyclic) bond motifs is 2. The number of hydrogen-bond acceptors (Lipinski definition) is 3. The lowest BCUT2D eigenvalue weighted by Crippen LogP contribution is -2.58. The molecule has 4 fully saturated rings. The monoisotopic (exact) mass is 300 g/mol. The fourth-order valence-corrected chi connectivity index (χ4v) is 6.31. The molecule has 1 spiro atoms. The average Bonchev–Trinajstić information content (AvgIpc) is 2.51. The molecule has 2 nitrogen and oxygen atoms in total. The number of Topliss-reactive ketones (excluding diaryl/α,β-unsaturated/α-hetero) is 2. The molecule has 2 bridgehead atoms. The van der Waals surface area contributed by atoms with E-state index in [1.165, 1.54) is 4.90 Å². The van der Waals surface area contributed by atoms with Crippen molar-refractivity contribution in [2.75, 3.05) is 0 Å². The zero-order valence-electron chi connectivity index (χ0n) is 12.1. The Morgan fingerprint density at radius 1 is 1.10 bits per heavy atom. The number of thioether (sulfide) groups is 1. The summed E-state index contributed by atoms with van der Waals surface area (Å²) < 4.78 is 0. The van der Waals surface area contributed by atoms with Crippen LogP contribution in [0.4, 0.5) is 0 Å². The molecule has 0 N–H and O–H groups in total. The van der Waals surface area contributed by atoms with Crippen LogP contribution in [0.3, 0.4) is 0 Å². The Hall–Kier alpha value is -1.09. The van der Waals surface area contributed by atoms with E-state index in [0.717, 1.165) is 32.1 Å². The minimum Gasteiger partial charge on any atom is -0.300 e. The van der Waals surface area contributed by atoms with E-state index in [1.807, 2.05) is 18.2 Å². The van der Waals surface area contributed by atoms with Gasteiger partial charge in [-0.25, -0.2) is 0 Å². The van der Waals surface area contributed by atoms with Crippen molar-refractivity contribution < 1.29 is 9.59 Å². The molecule has 21 heavy (non-hydrogen) atoms. The lowest BCUT2D eigenvalue weighted by atomic mass is 9.50. The Kier molecular flexibility index (Phi) is 3.21. The van der Waals surface area contributed by atoms with Crippen molar-refractivity contribution >= 4 is 23.3 Å². The molecule has 0 radical (unpaired) electrons. The number of benzene rings is 1. The van der Waals surface area contributed by atoms with Crippen LogP contribution in [-0.2, 0) is 9.59 Å². The van der Waals surface area contributed by atoms with Crippen LogP contribution in [0.25, 0.3) is 0 Å². The van der Waals surface area contributed by atoms with Gasteiger partial charge in [-0.2, -0.15) is 0 Å². The molecule has 4 aliphatic rings. The second kappa shape index (κ2) is 4.98. The first-order valence-corrected chi connectivity index (χ1v) is 8.84. The predicted molar refractivity (Wildman–Crippen MR) is 83.2 cm³/mol. The standard InChI is InChI=1S/C18H20O2S/c19-14-7-9-18-8-6-12(10-13(18)11-14)16(20)17(18)21-15-4-2-1-3-5-15/h1-5,12-13,17H,6-11H2. The smallest absolute Gasteiger partial charge is 0.149 e. The van der Waals surface area contributed by atoms with Crippen molar-refractivity contribution in [3.63, 3.8) is 0 Å². The van der Waals surface area contributed by atoms with Gasteiger partial charge in [-0.1, -0.05) is 18.2 Å². The van der Waals surface area contributed by atoms with Crippen LogP contribution in [0.2, 0.25) is 0 Å². The van der Waals surface area contributed by atoms with E-state index in [0.29, 0.717) is 23.9 Å². The van der Waals surface area contributed by atoms with Gasteiger partial charge in [-0.15, -0.1) is 11.8 Å². The average molecular weight is 300 g/mol. The van der Waals surface area contributed by atoms with E-state index in [2.05, 4.69) is 12.1 Å². The molecule has 4 aliphatic carbocycles. The van der Waals surface area contributed by atoms with Gasteiger partial charge in [0.2, 0.25) is 0 Å². The molecule has 3 heteroatoms. The Morgan fingerprint density at radius 3 is 2.71 bits per heavy atom. The number of hydrogen-bond donors (Lipinski definition) is 0. The molecule has 4 unspecified atom stereocenters. The van der Waals surface area contributed by atoms with Crippen molar-refractivity contribution in [2.45, 2.75) is 48.7 Å². The zero-order chi connectivity index (χ0) is 14.4. The number of ketones is 2. The van der Waals surface area contributed by atoms with Crippen molar-refractivity contribution in [2.24, 2.45) is 17.3 Å². The summed E-state index contributed by atoms with van der Waals surface area (Å²) in [7, 11) is 0. The van der Waals surface area contributed by atoms with Crippen LogP contribution < -0.4 is 0 Å². The van der Waals surface area contributed by atoms with Gasteiger partial charge in [0.05, 0.1) is 5.25 Å². The van der Waals surface area contributed by atoms with Gasteiger partial charge >= 0.3 is 0 Å². The molecular formula is C18H20O2S. The van der Waals surface area contributed by atoms with Gasteiger partial charge in [0.1, 0.15) is 11.6 Å².